The first kappa shape index (κ1) is 20.0. The number of pyridine rings is 1. The molecular formula is C26H24N4O2. The average molecular weight is 425 g/mol. The van der Waals surface area contributed by atoms with Crippen molar-refractivity contribution in [3.05, 3.63) is 88.8 Å². The number of aryl methyl sites for hydroxylation is 1. The van der Waals surface area contributed by atoms with Crippen LogP contribution in [0.1, 0.15) is 25.7 Å². The first-order chi connectivity index (χ1) is 15.6. The molecule has 5 aromatic rings. The summed E-state index contributed by atoms with van der Waals surface area (Å²) in [6.07, 6.45) is 0. The van der Waals surface area contributed by atoms with Crippen LogP contribution in [-0.2, 0) is 17.9 Å². The summed E-state index contributed by atoms with van der Waals surface area (Å²) in [6.45, 7) is 4.90. The number of carbonyl (C=O) groups is 1. The van der Waals surface area contributed by atoms with Gasteiger partial charge in [-0.05, 0) is 50.2 Å². The molecule has 2 aromatic heterocycles. The minimum Gasteiger partial charge on any atom is -0.345 e. The van der Waals surface area contributed by atoms with E-state index in [4.69, 9.17) is 4.98 Å². The number of imidazole rings is 1. The molecule has 6 heteroatoms. The second kappa shape index (κ2) is 7.96. The van der Waals surface area contributed by atoms with E-state index in [1.165, 1.54) is 0 Å². The van der Waals surface area contributed by atoms with Gasteiger partial charge < -0.3 is 14.5 Å². The molecule has 3 aromatic carbocycles. The van der Waals surface area contributed by atoms with Crippen LogP contribution in [-0.4, -0.2) is 20.0 Å². The number of fused-ring (bicyclic) bond motifs is 3. The highest BCUT2D eigenvalue weighted by molar-refractivity contribution is 5.94. The fourth-order valence-corrected chi connectivity index (χ4v) is 4.50. The van der Waals surface area contributed by atoms with Gasteiger partial charge in [-0.2, -0.15) is 0 Å². The Bertz CT molecular complexity index is 1470. The summed E-state index contributed by atoms with van der Waals surface area (Å²) >= 11 is 0. The van der Waals surface area contributed by atoms with Gasteiger partial charge >= 0.3 is 0 Å². The van der Waals surface area contributed by atoms with Crippen molar-refractivity contribution < 1.29 is 4.79 Å². The minimum absolute atomic E-state index is 0.0158. The molecule has 2 heterocycles. The molecule has 0 saturated carbocycles. The Hall–Kier alpha value is -3.93. The number of rotatable bonds is 5. The van der Waals surface area contributed by atoms with Crippen LogP contribution in [0.2, 0.25) is 0 Å². The Morgan fingerprint density at radius 3 is 2.06 bits per heavy atom. The van der Waals surface area contributed by atoms with Crippen LogP contribution in [0.5, 0.6) is 0 Å². The van der Waals surface area contributed by atoms with Gasteiger partial charge in [0.25, 0.3) is 0 Å². The molecule has 0 fully saturated rings. The molecule has 1 N–H and O–H groups in total. The Morgan fingerprint density at radius 1 is 0.875 bits per heavy atom. The molecule has 0 spiro atoms. The molecule has 1 atom stereocenters. The fourth-order valence-electron chi connectivity index (χ4n) is 4.50. The summed E-state index contributed by atoms with van der Waals surface area (Å²) in [6, 6.07) is 22.6. The number of para-hydroxylation sites is 4. The summed E-state index contributed by atoms with van der Waals surface area (Å²) in [4.78, 5) is 30.8. The average Bonchev–Trinajstić information content (AvgIpc) is 3.20. The van der Waals surface area contributed by atoms with Crippen molar-refractivity contribution in [2.45, 2.75) is 33.0 Å². The van der Waals surface area contributed by atoms with Crippen LogP contribution >= 0.6 is 0 Å². The first-order valence-electron chi connectivity index (χ1n) is 10.8. The van der Waals surface area contributed by atoms with E-state index >= 15 is 0 Å². The summed E-state index contributed by atoms with van der Waals surface area (Å²) in [7, 11) is 0. The molecular weight excluding hydrogens is 400 g/mol. The molecule has 1 amide bonds. The van der Waals surface area contributed by atoms with Crippen molar-refractivity contribution in [1.82, 2.24) is 19.4 Å². The van der Waals surface area contributed by atoms with Gasteiger partial charge in [0.2, 0.25) is 5.91 Å². The van der Waals surface area contributed by atoms with Gasteiger partial charge in [0.15, 0.2) is 5.43 Å². The number of aromatic nitrogens is 3. The topological polar surface area (TPSA) is 68.9 Å². The molecule has 0 radical (unpaired) electrons. The van der Waals surface area contributed by atoms with Gasteiger partial charge in [-0.1, -0.05) is 36.4 Å². The predicted molar refractivity (Wildman–Crippen MR) is 128 cm³/mol. The van der Waals surface area contributed by atoms with Gasteiger partial charge in [-0.25, -0.2) is 4.98 Å². The van der Waals surface area contributed by atoms with Gasteiger partial charge in [0.1, 0.15) is 12.4 Å². The van der Waals surface area contributed by atoms with Gasteiger partial charge in [-0.3, -0.25) is 9.59 Å². The van der Waals surface area contributed by atoms with E-state index in [-0.39, 0.29) is 23.9 Å². The molecule has 0 aliphatic carbocycles. The number of hydrogen-bond donors (Lipinski definition) is 1. The quantitative estimate of drug-likeness (QED) is 0.425. The summed E-state index contributed by atoms with van der Waals surface area (Å²) in [5.74, 6) is 0.697. The molecule has 160 valence electrons. The van der Waals surface area contributed by atoms with E-state index in [0.29, 0.717) is 10.8 Å². The predicted octanol–water partition coefficient (Wildman–Crippen LogP) is 4.40. The number of nitrogens with one attached hydrogen (secondary N) is 1. The lowest BCUT2D eigenvalue weighted by Gasteiger charge is -2.18. The zero-order chi connectivity index (χ0) is 22.2. The van der Waals surface area contributed by atoms with E-state index in [1.54, 1.807) is 0 Å². The normalized spacial score (nSPS) is 12.4. The SMILES string of the molecule is CCn1c(C(C)NC(=O)Cn2c3ccccc3c(=O)c3ccccc32)nc2ccccc21. The lowest BCUT2D eigenvalue weighted by molar-refractivity contribution is -0.122. The van der Waals surface area contributed by atoms with Crippen LogP contribution in [0.25, 0.3) is 32.8 Å². The lowest BCUT2D eigenvalue weighted by atomic mass is 10.1. The molecule has 0 saturated heterocycles. The van der Waals surface area contributed by atoms with Crippen LogP contribution in [0.4, 0.5) is 0 Å². The number of hydrogen-bond acceptors (Lipinski definition) is 3. The Kier molecular flexibility index (Phi) is 4.98. The summed E-state index contributed by atoms with van der Waals surface area (Å²) in [5.41, 5.74) is 3.46. The molecule has 32 heavy (non-hydrogen) atoms. The smallest absolute Gasteiger partial charge is 0.240 e. The Morgan fingerprint density at radius 2 is 1.44 bits per heavy atom. The third-order valence-corrected chi connectivity index (χ3v) is 5.95. The van der Waals surface area contributed by atoms with Crippen molar-refractivity contribution in [3.63, 3.8) is 0 Å². The van der Waals surface area contributed by atoms with Crippen LogP contribution < -0.4 is 10.7 Å². The zero-order valence-corrected chi connectivity index (χ0v) is 18.1. The number of carbonyl (C=O) groups excluding carboxylic acids is 1. The number of benzene rings is 3. The van der Waals surface area contributed by atoms with Gasteiger partial charge in [0, 0.05) is 17.3 Å². The fraction of sp³-hybridized carbons (Fsp3) is 0.192. The summed E-state index contributed by atoms with van der Waals surface area (Å²) < 4.78 is 4.04. The lowest BCUT2D eigenvalue weighted by Crippen LogP contribution is -2.32. The van der Waals surface area contributed by atoms with E-state index in [2.05, 4.69) is 16.8 Å². The van der Waals surface area contributed by atoms with Crippen LogP contribution in [0, 0.1) is 0 Å². The van der Waals surface area contributed by atoms with Crippen molar-refractivity contribution in [3.8, 4) is 0 Å². The Labute approximate surface area is 185 Å². The second-order valence-corrected chi connectivity index (χ2v) is 7.94. The monoisotopic (exact) mass is 424 g/mol. The van der Waals surface area contributed by atoms with Crippen molar-refractivity contribution in [2.24, 2.45) is 0 Å². The van der Waals surface area contributed by atoms with Crippen molar-refractivity contribution in [2.75, 3.05) is 0 Å². The maximum absolute atomic E-state index is 13.1. The van der Waals surface area contributed by atoms with Crippen molar-refractivity contribution >= 4 is 38.7 Å². The minimum atomic E-state index is -0.258. The number of amides is 1. The Balaban J connectivity index is 1.51. The maximum Gasteiger partial charge on any atom is 0.240 e. The third-order valence-electron chi connectivity index (χ3n) is 5.95. The molecule has 0 aliphatic rings. The molecule has 0 aliphatic heterocycles. The maximum atomic E-state index is 13.1. The zero-order valence-electron chi connectivity index (χ0n) is 18.1. The molecule has 1 unspecified atom stereocenters. The number of nitrogens with zero attached hydrogens (tertiary/aromatic N) is 3. The molecule has 0 bridgehead atoms. The van der Waals surface area contributed by atoms with Gasteiger partial charge in [0.05, 0.1) is 28.1 Å². The molecule has 6 nitrogen and oxygen atoms in total. The van der Waals surface area contributed by atoms with E-state index in [0.717, 1.165) is 34.4 Å². The van der Waals surface area contributed by atoms with E-state index < -0.39 is 0 Å². The summed E-state index contributed by atoms with van der Waals surface area (Å²) in [5, 5.41) is 4.33. The highest BCUT2D eigenvalue weighted by Crippen LogP contribution is 2.22. The van der Waals surface area contributed by atoms with Gasteiger partial charge in [-0.15, -0.1) is 0 Å². The second-order valence-electron chi connectivity index (χ2n) is 7.94. The standard InChI is InChI=1S/C26H24N4O2/c1-3-29-23-15-9-6-12-20(23)28-26(29)17(2)27-24(31)16-30-21-13-7-4-10-18(21)25(32)19-11-5-8-14-22(19)30/h4-15,17H,3,16H2,1-2H3,(H,27,31). The van der Waals surface area contributed by atoms with E-state index in [1.807, 2.05) is 84.3 Å². The molecule has 5 rings (SSSR count). The van der Waals surface area contributed by atoms with Crippen LogP contribution in [0.3, 0.4) is 0 Å². The highest BCUT2D eigenvalue weighted by atomic mass is 16.2. The van der Waals surface area contributed by atoms with E-state index in [9.17, 15) is 9.59 Å². The first-order valence-corrected chi connectivity index (χ1v) is 10.8. The highest BCUT2D eigenvalue weighted by Gasteiger charge is 2.19. The van der Waals surface area contributed by atoms with Crippen LogP contribution in [0.15, 0.2) is 77.6 Å². The largest absolute Gasteiger partial charge is 0.345 e. The van der Waals surface area contributed by atoms with Crippen molar-refractivity contribution in [1.29, 1.82) is 0 Å². The third kappa shape index (κ3) is 3.24.